The third-order valence-electron chi connectivity index (χ3n) is 3.67. The molecule has 0 aromatic heterocycles. The van der Waals surface area contributed by atoms with Crippen LogP contribution in [0.2, 0.25) is 0 Å². The molecular formula is C12H16Br2O5. The Morgan fingerprint density at radius 2 is 2.16 bits per heavy atom. The van der Waals surface area contributed by atoms with Crippen LogP contribution < -0.4 is 0 Å². The van der Waals surface area contributed by atoms with E-state index in [1.165, 1.54) is 14.2 Å². The molecule has 0 aromatic carbocycles. The summed E-state index contributed by atoms with van der Waals surface area (Å²) in [5, 5.41) is 0. The number of Topliss-reactive ketones (excluding diaryl/α,β-unsaturated/α-hetero) is 1. The van der Waals surface area contributed by atoms with E-state index in [9.17, 15) is 4.79 Å². The Morgan fingerprint density at radius 3 is 2.68 bits per heavy atom. The molecule has 0 unspecified atom stereocenters. The maximum atomic E-state index is 12.4. The molecule has 3 atom stereocenters. The molecule has 1 heterocycles. The minimum absolute atomic E-state index is 0.0672. The van der Waals surface area contributed by atoms with Crippen molar-refractivity contribution in [1.82, 2.24) is 0 Å². The first-order chi connectivity index (χ1) is 8.97. The Kier molecular flexibility index (Phi) is 4.42. The molecule has 19 heavy (non-hydrogen) atoms. The largest absolute Gasteiger partial charge is 0.499 e. The van der Waals surface area contributed by atoms with Crippen LogP contribution in [0.1, 0.15) is 6.42 Å². The Bertz CT molecular complexity index is 424. The van der Waals surface area contributed by atoms with Gasteiger partial charge in [-0.15, -0.1) is 0 Å². The molecule has 7 heteroatoms. The van der Waals surface area contributed by atoms with Gasteiger partial charge < -0.3 is 18.9 Å². The van der Waals surface area contributed by atoms with Crippen LogP contribution in [0.15, 0.2) is 10.2 Å². The van der Waals surface area contributed by atoms with E-state index in [0.29, 0.717) is 12.4 Å². The minimum atomic E-state index is -1.42. The van der Waals surface area contributed by atoms with Gasteiger partial charge in [0.1, 0.15) is 12.4 Å². The second-order valence-corrected chi connectivity index (χ2v) is 6.75. The van der Waals surface area contributed by atoms with Crippen molar-refractivity contribution in [2.24, 2.45) is 5.92 Å². The van der Waals surface area contributed by atoms with Gasteiger partial charge in [0.15, 0.2) is 4.32 Å². The summed E-state index contributed by atoms with van der Waals surface area (Å²) in [7, 11) is 4.49. The standard InChI is InChI=1S/C12H16Br2O5/c1-16-6-9(15)12(18-3)11(14)7(5-19-12)4-8(13)10(11)17-2/h7H,4-6H2,1-3H3/t7-,11-,12-/m1/s1. The van der Waals surface area contributed by atoms with Crippen LogP contribution in [0.4, 0.5) is 0 Å². The van der Waals surface area contributed by atoms with E-state index in [1.807, 2.05) is 0 Å². The number of rotatable bonds is 5. The second-order valence-electron chi connectivity index (χ2n) is 4.54. The number of hydrogen-bond acceptors (Lipinski definition) is 5. The van der Waals surface area contributed by atoms with Crippen molar-refractivity contribution in [3.63, 3.8) is 0 Å². The Balaban J connectivity index is 2.49. The molecule has 0 spiro atoms. The minimum Gasteiger partial charge on any atom is -0.499 e. The number of halogens is 2. The van der Waals surface area contributed by atoms with Crippen LogP contribution >= 0.6 is 31.9 Å². The summed E-state index contributed by atoms with van der Waals surface area (Å²) >= 11 is 7.15. The number of hydrogen-bond donors (Lipinski definition) is 0. The number of methoxy groups -OCH3 is 3. The molecule has 0 N–H and O–H groups in total. The predicted molar refractivity (Wildman–Crippen MR) is 75.3 cm³/mol. The first-order valence-electron chi connectivity index (χ1n) is 5.81. The number of carbonyl (C=O) groups excluding carboxylic acids is 1. The van der Waals surface area contributed by atoms with Gasteiger partial charge in [-0.2, -0.15) is 0 Å². The lowest BCUT2D eigenvalue weighted by atomic mass is 9.87. The van der Waals surface area contributed by atoms with Gasteiger partial charge in [-0.1, -0.05) is 31.9 Å². The molecule has 0 bridgehead atoms. The normalized spacial score (nSPS) is 37.6. The van der Waals surface area contributed by atoms with Crippen molar-refractivity contribution < 1.29 is 23.7 Å². The smallest absolute Gasteiger partial charge is 0.254 e. The van der Waals surface area contributed by atoms with Gasteiger partial charge in [0, 0.05) is 24.6 Å². The van der Waals surface area contributed by atoms with Crippen LogP contribution in [-0.2, 0) is 23.7 Å². The van der Waals surface area contributed by atoms with Crippen LogP contribution in [0.25, 0.3) is 0 Å². The first-order valence-corrected chi connectivity index (χ1v) is 7.39. The Morgan fingerprint density at radius 1 is 1.47 bits per heavy atom. The maximum absolute atomic E-state index is 12.4. The second kappa shape index (κ2) is 5.44. The van der Waals surface area contributed by atoms with E-state index >= 15 is 0 Å². The van der Waals surface area contributed by atoms with E-state index in [2.05, 4.69) is 31.9 Å². The molecular weight excluding hydrogens is 384 g/mol. The van der Waals surface area contributed by atoms with E-state index in [1.54, 1.807) is 7.11 Å². The molecule has 1 aliphatic heterocycles. The van der Waals surface area contributed by atoms with Crippen LogP contribution in [0.5, 0.6) is 0 Å². The fourth-order valence-electron chi connectivity index (χ4n) is 2.84. The quantitative estimate of drug-likeness (QED) is 0.661. The third kappa shape index (κ3) is 1.93. The fourth-order valence-corrected chi connectivity index (χ4v) is 5.16. The lowest BCUT2D eigenvalue weighted by Gasteiger charge is -2.38. The predicted octanol–water partition coefficient (Wildman–Crippen LogP) is 1.98. The highest BCUT2D eigenvalue weighted by molar-refractivity contribution is 9.12. The summed E-state index contributed by atoms with van der Waals surface area (Å²) in [6, 6.07) is 0. The number of alkyl halides is 1. The number of ether oxygens (including phenoxy) is 4. The van der Waals surface area contributed by atoms with E-state index in [0.717, 1.165) is 10.9 Å². The summed E-state index contributed by atoms with van der Waals surface area (Å²) in [6.07, 6.45) is 0.736. The van der Waals surface area contributed by atoms with Gasteiger partial charge in [-0.3, -0.25) is 4.79 Å². The van der Waals surface area contributed by atoms with Gasteiger partial charge in [0.05, 0.1) is 13.7 Å². The first kappa shape index (κ1) is 15.4. The molecule has 0 saturated carbocycles. The number of carbonyl (C=O) groups is 1. The highest BCUT2D eigenvalue weighted by atomic mass is 79.9. The molecule has 1 saturated heterocycles. The molecule has 0 amide bonds. The zero-order chi connectivity index (χ0) is 14.3. The average Bonchev–Trinajstić information content (AvgIpc) is 2.78. The summed E-state index contributed by atoms with van der Waals surface area (Å²) in [4.78, 5) is 12.4. The van der Waals surface area contributed by atoms with Gasteiger partial charge >= 0.3 is 0 Å². The highest BCUT2D eigenvalue weighted by Crippen LogP contribution is 2.60. The van der Waals surface area contributed by atoms with Crippen molar-refractivity contribution >= 4 is 37.6 Å². The molecule has 108 valence electrons. The van der Waals surface area contributed by atoms with E-state index in [-0.39, 0.29) is 18.3 Å². The lowest BCUT2D eigenvalue weighted by Crippen LogP contribution is -2.58. The molecule has 1 aliphatic carbocycles. The topological polar surface area (TPSA) is 54.0 Å². The summed E-state index contributed by atoms with van der Waals surface area (Å²) in [5.74, 6) is -0.985. The van der Waals surface area contributed by atoms with Gasteiger partial charge in [0.2, 0.25) is 5.78 Å². The monoisotopic (exact) mass is 398 g/mol. The van der Waals surface area contributed by atoms with Gasteiger partial charge in [-0.05, 0) is 6.42 Å². The maximum Gasteiger partial charge on any atom is 0.254 e. The molecule has 1 fully saturated rings. The third-order valence-corrected chi connectivity index (χ3v) is 5.88. The molecule has 0 radical (unpaired) electrons. The molecule has 0 aromatic rings. The zero-order valence-electron chi connectivity index (χ0n) is 11.0. The van der Waals surface area contributed by atoms with Gasteiger partial charge in [0.25, 0.3) is 5.79 Å². The van der Waals surface area contributed by atoms with E-state index < -0.39 is 10.1 Å². The van der Waals surface area contributed by atoms with E-state index in [4.69, 9.17) is 18.9 Å². The fraction of sp³-hybridized carbons (Fsp3) is 0.750. The highest BCUT2D eigenvalue weighted by Gasteiger charge is 2.70. The molecule has 5 nitrogen and oxygen atoms in total. The SMILES string of the molecule is COCC(=O)[C@@]1(OC)OC[C@H]2CC(Br)=C(OC)[C@]21Br. The summed E-state index contributed by atoms with van der Waals surface area (Å²) in [6.45, 7) is 0.332. The van der Waals surface area contributed by atoms with Crippen molar-refractivity contribution in [3.05, 3.63) is 10.2 Å². The summed E-state index contributed by atoms with van der Waals surface area (Å²) < 4.78 is 21.7. The van der Waals surface area contributed by atoms with Gasteiger partial charge in [-0.25, -0.2) is 0 Å². The summed E-state index contributed by atoms with van der Waals surface area (Å²) in [5.41, 5.74) is 0. The molecule has 2 aliphatic rings. The number of allylic oxidation sites excluding steroid dienone is 1. The van der Waals surface area contributed by atoms with Crippen molar-refractivity contribution in [2.75, 3.05) is 34.5 Å². The van der Waals surface area contributed by atoms with Crippen LogP contribution in [0.3, 0.4) is 0 Å². The van der Waals surface area contributed by atoms with Crippen molar-refractivity contribution in [1.29, 1.82) is 0 Å². The average molecular weight is 400 g/mol. The van der Waals surface area contributed by atoms with Crippen LogP contribution in [-0.4, -0.2) is 50.4 Å². The molecule has 2 rings (SSSR count). The van der Waals surface area contributed by atoms with Crippen LogP contribution in [0, 0.1) is 5.92 Å². The number of ketones is 1. The zero-order valence-corrected chi connectivity index (χ0v) is 14.2. The Labute approximate surface area is 128 Å². The number of fused-ring (bicyclic) bond motifs is 1. The lowest BCUT2D eigenvalue weighted by molar-refractivity contribution is -0.208. The Hall–Kier alpha value is 0.0500. The van der Waals surface area contributed by atoms with Crippen molar-refractivity contribution in [2.45, 2.75) is 16.5 Å². The van der Waals surface area contributed by atoms with Crippen molar-refractivity contribution in [3.8, 4) is 0 Å².